The van der Waals surface area contributed by atoms with Crippen molar-refractivity contribution < 1.29 is 18.4 Å². The Labute approximate surface area is 168 Å². The number of carbonyl (C=O) groups is 2. The van der Waals surface area contributed by atoms with E-state index in [0.717, 1.165) is 18.6 Å². The summed E-state index contributed by atoms with van der Waals surface area (Å²) < 4.78 is 29.7. The van der Waals surface area contributed by atoms with Crippen molar-refractivity contribution in [3.63, 3.8) is 0 Å². The summed E-state index contributed by atoms with van der Waals surface area (Å²) in [6.45, 7) is 1.85. The fourth-order valence-electron chi connectivity index (χ4n) is 4.28. The highest BCUT2D eigenvalue weighted by atomic mass is 19.1. The minimum Gasteiger partial charge on any atom is -0.321 e. The molecule has 1 aliphatic carbocycles. The monoisotopic (exact) mass is 394 g/mol. The largest absolute Gasteiger partial charge is 0.331 e. The summed E-state index contributed by atoms with van der Waals surface area (Å²) in [4.78, 5) is 27.9. The van der Waals surface area contributed by atoms with Crippen LogP contribution in [0.5, 0.6) is 0 Å². The van der Waals surface area contributed by atoms with Crippen molar-refractivity contribution in [1.29, 1.82) is 0 Å². The van der Waals surface area contributed by atoms with Crippen LogP contribution in [0.15, 0.2) is 42.5 Å². The Kier molecular flexibility index (Phi) is 4.62. The number of urea groups is 1. The van der Waals surface area contributed by atoms with Crippen LogP contribution in [0.25, 0.3) is 0 Å². The van der Waals surface area contributed by atoms with E-state index in [0.29, 0.717) is 23.3 Å². The number of rotatable bonds is 1. The molecule has 1 saturated carbocycles. The van der Waals surface area contributed by atoms with E-state index in [-0.39, 0.29) is 5.56 Å². The third-order valence-electron chi connectivity index (χ3n) is 6.05. The molecule has 0 N–H and O–H groups in total. The number of halogens is 2. The van der Waals surface area contributed by atoms with Gasteiger partial charge in [-0.25, -0.2) is 18.5 Å². The maximum Gasteiger partial charge on any atom is 0.331 e. The summed E-state index contributed by atoms with van der Waals surface area (Å²) in [5.41, 5.74) is -0.408. The normalized spacial score (nSPS) is 23.7. The summed E-state index contributed by atoms with van der Waals surface area (Å²) in [6, 6.07) is 10.4. The number of anilines is 1. The molecule has 2 aromatic carbocycles. The van der Waals surface area contributed by atoms with E-state index < -0.39 is 40.7 Å². The van der Waals surface area contributed by atoms with Gasteiger partial charge in [-0.3, -0.25) is 4.79 Å². The molecule has 1 saturated heterocycles. The second kappa shape index (κ2) is 7.00. The van der Waals surface area contributed by atoms with Gasteiger partial charge in [0.25, 0.3) is 0 Å². The quantitative estimate of drug-likeness (QED) is 0.676. The Balaban J connectivity index is 1.71. The Morgan fingerprint density at radius 1 is 1.03 bits per heavy atom. The van der Waals surface area contributed by atoms with E-state index in [2.05, 4.69) is 11.8 Å². The van der Waals surface area contributed by atoms with Gasteiger partial charge in [0, 0.05) is 18.2 Å². The van der Waals surface area contributed by atoms with Crippen LogP contribution < -0.4 is 4.90 Å². The Morgan fingerprint density at radius 2 is 1.66 bits per heavy atom. The lowest BCUT2D eigenvalue weighted by atomic mass is 9.84. The summed E-state index contributed by atoms with van der Waals surface area (Å²) in [5, 5.41) is 0. The molecule has 1 aliphatic heterocycles. The SMILES string of the molecule is CN1C(=O)N(c2c(F)cc(C#Cc3ccccc3)cc2F)C(=O)[C@H]2CCC[C@]21C. The fourth-order valence-corrected chi connectivity index (χ4v) is 4.28. The lowest BCUT2D eigenvalue weighted by Crippen LogP contribution is -2.65. The fraction of sp³-hybridized carbons (Fsp3) is 0.304. The van der Waals surface area contributed by atoms with E-state index in [9.17, 15) is 18.4 Å². The predicted octanol–water partition coefficient (Wildman–Crippen LogP) is 4.32. The van der Waals surface area contributed by atoms with Gasteiger partial charge in [-0.1, -0.05) is 36.5 Å². The minimum atomic E-state index is -0.987. The maximum absolute atomic E-state index is 14.9. The molecule has 6 heteroatoms. The van der Waals surface area contributed by atoms with Crippen molar-refractivity contribution in [2.45, 2.75) is 31.7 Å². The lowest BCUT2D eigenvalue weighted by molar-refractivity contribution is -0.126. The number of fused-ring (bicyclic) bond motifs is 1. The predicted molar refractivity (Wildman–Crippen MR) is 105 cm³/mol. The van der Waals surface area contributed by atoms with E-state index in [1.165, 1.54) is 4.90 Å². The van der Waals surface area contributed by atoms with Gasteiger partial charge < -0.3 is 4.90 Å². The Bertz CT molecular complexity index is 1030. The summed E-state index contributed by atoms with van der Waals surface area (Å²) in [5.74, 6) is 2.56. The first kappa shape index (κ1) is 19.1. The van der Waals surface area contributed by atoms with E-state index in [1.807, 2.05) is 25.1 Å². The third kappa shape index (κ3) is 3.07. The zero-order valence-electron chi connectivity index (χ0n) is 16.2. The smallest absolute Gasteiger partial charge is 0.321 e. The third-order valence-corrected chi connectivity index (χ3v) is 6.05. The van der Waals surface area contributed by atoms with Crippen molar-refractivity contribution in [3.8, 4) is 11.8 Å². The first-order valence-corrected chi connectivity index (χ1v) is 9.51. The van der Waals surface area contributed by atoms with Gasteiger partial charge in [0.15, 0.2) is 11.6 Å². The highest BCUT2D eigenvalue weighted by Gasteiger charge is 2.55. The Morgan fingerprint density at radius 3 is 2.31 bits per heavy atom. The van der Waals surface area contributed by atoms with Crippen molar-refractivity contribution in [3.05, 3.63) is 65.2 Å². The number of benzene rings is 2. The molecule has 0 aromatic heterocycles. The van der Waals surface area contributed by atoms with Crippen molar-refractivity contribution in [1.82, 2.24) is 4.90 Å². The zero-order chi connectivity index (χ0) is 20.8. The lowest BCUT2D eigenvalue weighted by Gasteiger charge is -2.47. The van der Waals surface area contributed by atoms with Crippen LogP contribution in [-0.2, 0) is 4.79 Å². The molecule has 2 atom stereocenters. The van der Waals surface area contributed by atoms with Gasteiger partial charge in [-0.05, 0) is 44.0 Å². The molecular formula is C23H20F2N2O2. The minimum absolute atomic E-state index is 0.128. The molecular weight excluding hydrogens is 374 g/mol. The van der Waals surface area contributed by atoms with E-state index in [1.54, 1.807) is 19.2 Å². The number of nitrogens with zero attached hydrogens (tertiary/aromatic N) is 2. The second-order valence-corrected chi connectivity index (χ2v) is 7.72. The molecule has 0 spiro atoms. The van der Waals surface area contributed by atoms with Crippen LogP contribution in [0, 0.1) is 29.4 Å². The van der Waals surface area contributed by atoms with Gasteiger partial charge in [0.2, 0.25) is 5.91 Å². The molecule has 29 heavy (non-hydrogen) atoms. The standard InChI is InChI=1S/C23H20F2N2O2/c1-23-12-6-9-17(23)21(28)27(22(29)26(23)2)20-18(24)13-16(14-19(20)25)11-10-15-7-4-3-5-8-15/h3-5,7-8,13-14,17H,6,9,12H2,1-2H3/t17-,23-/m1/s1. The maximum atomic E-state index is 14.9. The summed E-state index contributed by atoms with van der Waals surface area (Å²) in [6.07, 6.45) is 2.07. The molecule has 0 bridgehead atoms. The van der Waals surface area contributed by atoms with Crippen molar-refractivity contribution in [2.24, 2.45) is 5.92 Å². The molecule has 1 heterocycles. The molecule has 2 aliphatic rings. The average Bonchev–Trinajstić information content (AvgIpc) is 3.11. The Hall–Kier alpha value is -3.20. The molecule has 2 aromatic rings. The van der Waals surface area contributed by atoms with Crippen LogP contribution >= 0.6 is 0 Å². The first-order chi connectivity index (χ1) is 13.8. The summed E-state index contributed by atoms with van der Waals surface area (Å²) in [7, 11) is 1.58. The van der Waals surface area contributed by atoms with E-state index >= 15 is 0 Å². The molecule has 4 nitrogen and oxygen atoms in total. The van der Waals surface area contributed by atoms with Crippen LogP contribution in [-0.4, -0.2) is 29.4 Å². The zero-order valence-corrected chi connectivity index (χ0v) is 16.2. The molecule has 4 rings (SSSR count). The van der Waals surface area contributed by atoms with Crippen molar-refractivity contribution >= 4 is 17.6 Å². The molecule has 0 radical (unpaired) electrons. The van der Waals surface area contributed by atoms with Crippen LogP contribution in [0.3, 0.4) is 0 Å². The first-order valence-electron chi connectivity index (χ1n) is 9.51. The number of amides is 3. The van der Waals surface area contributed by atoms with Crippen LogP contribution in [0.2, 0.25) is 0 Å². The van der Waals surface area contributed by atoms with Crippen LogP contribution in [0.4, 0.5) is 19.3 Å². The average molecular weight is 394 g/mol. The number of carbonyl (C=O) groups excluding carboxylic acids is 2. The van der Waals surface area contributed by atoms with Gasteiger partial charge in [0.1, 0.15) is 5.69 Å². The second-order valence-electron chi connectivity index (χ2n) is 7.72. The molecule has 148 valence electrons. The molecule has 2 fully saturated rings. The van der Waals surface area contributed by atoms with Gasteiger partial charge in [-0.2, -0.15) is 0 Å². The molecule has 3 amide bonds. The van der Waals surface area contributed by atoms with Gasteiger partial charge >= 0.3 is 6.03 Å². The van der Waals surface area contributed by atoms with Gasteiger partial charge in [0.05, 0.1) is 11.5 Å². The topological polar surface area (TPSA) is 40.6 Å². The number of imide groups is 1. The number of hydrogen-bond donors (Lipinski definition) is 0. The highest BCUT2D eigenvalue weighted by molar-refractivity contribution is 6.17. The highest BCUT2D eigenvalue weighted by Crippen LogP contribution is 2.45. The molecule has 0 unspecified atom stereocenters. The summed E-state index contributed by atoms with van der Waals surface area (Å²) >= 11 is 0. The van der Waals surface area contributed by atoms with E-state index in [4.69, 9.17) is 0 Å². The number of hydrogen-bond acceptors (Lipinski definition) is 2. The van der Waals surface area contributed by atoms with Crippen LogP contribution in [0.1, 0.15) is 37.3 Å². The van der Waals surface area contributed by atoms with Crippen molar-refractivity contribution in [2.75, 3.05) is 11.9 Å². The van der Waals surface area contributed by atoms with Gasteiger partial charge in [-0.15, -0.1) is 0 Å².